The van der Waals surface area contributed by atoms with Gasteiger partial charge in [-0.15, -0.1) is 0 Å². The van der Waals surface area contributed by atoms with Crippen molar-refractivity contribution in [1.29, 1.82) is 10.8 Å². The number of aliphatic imine (C=N–C) groups is 1. The summed E-state index contributed by atoms with van der Waals surface area (Å²) in [7, 11) is -0.897. The number of benzodiazepines with no additional fused rings is 1. The van der Waals surface area contributed by atoms with Gasteiger partial charge in [-0.3, -0.25) is 25.5 Å². The zero-order valence-electron chi connectivity index (χ0n) is 22.4. The van der Waals surface area contributed by atoms with Crippen molar-refractivity contribution in [3.63, 3.8) is 0 Å². The highest BCUT2D eigenvalue weighted by Crippen LogP contribution is 2.33. The molecule has 1 aliphatic rings. The highest BCUT2D eigenvalue weighted by atomic mass is 35.5. The van der Waals surface area contributed by atoms with E-state index in [-0.39, 0.29) is 30.5 Å². The number of hydrogen-bond donors (Lipinski definition) is 4. The molecule has 0 aromatic heterocycles. The maximum atomic E-state index is 13.1. The number of amidine groups is 2. The molecule has 3 aromatic rings. The van der Waals surface area contributed by atoms with Crippen molar-refractivity contribution in [2.45, 2.75) is 39.0 Å². The number of benzene rings is 3. The number of fused-ring (bicyclic) bond motifs is 1. The van der Waals surface area contributed by atoms with Gasteiger partial charge in [-0.25, -0.2) is 0 Å². The van der Waals surface area contributed by atoms with Gasteiger partial charge in [0.05, 0.1) is 24.9 Å². The van der Waals surface area contributed by atoms with Crippen LogP contribution in [-0.4, -0.2) is 49.6 Å². The first-order chi connectivity index (χ1) is 18.5. The van der Waals surface area contributed by atoms with Gasteiger partial charge >= 0.3 is 0 Å². The Labute approximate surface area is 234 Å². The van der Waals surface area contributed by atoms with Crippen molar-refractivity contribution in [1.82, 2.24) is 5.32 Å². The molecule has 0 radical (unpaired) electrons. The van der Waals surface area contributed by atoms with Crippen LogP contribution in [0.2, 0.25) is 18.1 Å². The van der Waals surface area contributed by atoms with Gasteiger partial charge in [-0.05, 0) is 61.1 Å². The molecule has 0 fully saturated rings. The number of anilines is 1. The van der Waals surface area contributed by atoms with E-state index in [9.17, 15) is 9.59 Å². The number of carbonyl (C=O) groups excluding carboxylic acids is 1. The van der Waals surface area contributed by atoms with Crippen molar-refractivity contribution in [3.05, 3.63) is 88.4 Å². The number of nitrogens with zero attached hydrogens (tertiary/aromatic N) is 2. The Balaban J connectivity index is 1.68. The summed E-state index contributed by atoms with van der Waals surface area (Å²) in [6, 6.07) is 19.4. The summed E-state index contributed by atoms with van der Waals surface area (Å²) in [5, 5.41) is 21.8. The number of amides is 1. The van der Waals surface area contributed by atoms with E-state index >= 15 is 0 Å². The van der Waals surface area contributed by atoms with Gasteiger partial charge in [0.15, 0.2) is 0 Å². The molecule has 0 saturated carbocycles. The normalized spacial score (nSPS) is 15.2. The van der Waals surface area contributed by atoms with Gasteiger partial charge in [0.1, 0.15) is 23.5 Å². The van der Waals surface area contributed by atoms with Gasteiger partial charge in [0, 0.05) is 22.7 Å². The lowest BCUT2D eigenvalue weighted by molar-refractivity contribution is -0.121. The molecule has 1 aliphatic heterocycles. The lowest BCUT2D eigenvalue weighted by atomic mass is 9.99. The molecule has 1 atom stereocenters. The molecule has 10 heteroatoms. The molecule has 8 nitrogen and oxygen atoms in total. The molecule has 0 bridgehead atoms. The molecule has 4 N–H and O–H groups in total. The third kappa shape index (κ3) is 6.44. The minimum Gasteiger partial charge on any atom is -0.497 e. The quantitative estimate of drug-likeness (QED) is 0.193. The van der Waals surface area contributed by atoms with E-state index in [0.29, 0.717) is 27.7 Å². The van der Waals surface area contributed by atoms with Crippen LogP contribution in [0.25, 0.3) is 0 Å². The maximum absolute atomic E-state index is 13.1. The summed E-state index contributed by atoms with van der Waals surface area (Å²) in [6.07, 6.45) is -0.0786. The number of halogens is 1. The third-order valence-corrected chi connectivity index (χ3v) is 8.47. The highest BCUT2D eigenvalue weighted by molar-refractivity contribution is 6.83. The SMILES string of the molecule is COc1ccc2c(c1)C(c1ccc(Cl)cc1)=N[C@@H](CC(=O)NCc1cccc([Si](C)(C)O)c1)C(=N)N2C(C)=N. The van der Waals surface area contributed by atoms with E-state index in [4.69, 9.17) is 32.1 Å². The van der Waals surface area contributed by atoms with E-state index in [0.717, 1.165) is 16.3 Å². The van der Waals surface area contributed by atoms with Gasteiger partial charge in [-0.2, -0.15) is 0 Å². The number of hydrogen-bond acceptors (Lipinski definition) is 6. The molecular formula is C29H32ClN5O3Si. The summed E-state index contributed by atoms with van der Waals surface area (Å²) in [6.45, 7) is 5.59. The largest absolute Gasteiger partial charge is 0.497 e. The molecule has 202 valence electrons. The minimum absolute atomic E-state index is 0.0306. The van der Waals surface area contributed by atoms with Crippen molar-refractivity contribution >= 4 is 54.1 Å². The molecule has 0 unspecified atom stereocenters. The van der Waals surface area contributed by atoms with E-state index in [1.165, 1.54) is 4.90 Å². The van der Waals surface area contributed by atoms with Crippen LogP contribution in [-0.2, 0) is 11.3 Å². The van der Waals surface area contributed by atoms with E-state index in [1.807, 2.05) is 55.6 Å². The van der Waals surface area contributed by atoms with Gasteiger partial charge in [-0.1, -0.05) is 48.0 Å². The lowest BCUT2D eigenvalue weighted by Gasteiger charge is -2.26. The predicted molar refractivity (Wildman–Crippen MR) is 160 cm³/mol. The molecule has 39 heavy (non-hydrogen) atoms. The predicted octanol–water partition coefficient (Wildman–Crippen LogP) is 4.46. The van der Waals surface area contributed by atoms with Crippen LogP contribution in [0, 0.1) is 10.8 Å². The Hall–Kier alpha value is -3.79. The Morgan fingerprint density at radius 1 is 1.15 bits per heavy atom. The molecule has 1 amide bonds. The molecule has 4 rings (SSSR count). The molecule has 0 aliphatic carbocycles. The fourth-order valence-corrected chi connectivity index (χ4v) is 5.61. The molecule has 1 heterocycles. The average molecular weight is 562 g/mol. The van der Waals surface area contributed by atoms with Crippen LogP contribution in [0.1, 0.15) is 30.0 Å². The van der Waals surface area contributed by atoms with Crippen molar-refractivity contribution in [2.75, 3.05) is 12.0 Å². The second kappa shape index (κ2) is 11.5. The van der Waals surface area contributed by atoms with Crippen LogP contribution < -0.4 is 20.1 Å². The summed E-state index contributed by atoms with van der Waals surface area (Å²) in [5.74, 6) is 0.498. The van der Waals surface area contributed by atoms with E-state index in [1.54, 1.807) is 38.3 Å². The Morgan fingerprint density at radius 3 is 2.51 bits per heavy atom. The van der Waals surface area contributed by atoms with Crippen LogP contribution in [0.3, 0.4) is 0 Å². The topological polar surface area (TPSA) is 122 Å². The number of nitrogens with one attached hydrogen (secondary N) is 3. The number of ether oxygens (including phenoxy) is 1. The molecule has 0 saturated heterocycles. The first-order valence-corrected chi connectivity index (χ1v) is 15.8. The Bertz CT molecular complexity index is 1450. The van der Waals surface area contributed by atoms with Crippen LogP contribution in [0.4, 0.5) is 5.69 Å². The standard InChI is InChI=1S/C29H32ClN5O3Si/c1-18(31)35-26-13-12-22(38-2)15-24(26)28(20-8-10-21(30)11-9-20)34-25(29(35)32)16-27(36)33-17-19-6-5-7-23(14-19)39(3,4)37/h5-15,25,31-32,37H,16-17H2,1-4H3,(H,33,36)/t25-/m0/s1. The minimum atomic E-state index is -2.47. The Morgan fingerprint density at radius 2 is 1.87 bits per heavy atom. The number of methoxy groups -OCH3 is 1. The zero-order valence-corrected chi connectivity index (χ0v) is 24.1. The van der Waals surface area contributed by atoms with Crippen molar-refractivity contribution < 1.29 is 14.3 Å². The monoisotopic (exact) mass is 561 g/mol. The lowest BCUT2D eigenvalue weighted by Crippen LogP contribution is -2.42. The maximum Gasteiger partial charge on any atom is 0.222 e. The van der Waals surface area contributed by atoms with Gasteiger partial charge in [0.2, 0.25) is 14.2 Å². The van der Waals surface area contributed by atoms with Gasteiger partial charge in [0.25, 0.3) is 0 Å². The average Bonchev–Trinajstić information content (AvgIpc) is 3.01. The van der Waals surface area contributed by atoms with Crippen molar-refractivity contribution in [2.24, 2.45) is 4.99 Å². The first kappa shape index (κ1) is 28.2. The van der Waals surface area contributed by atoms with Crippen LogP contribution in [0.5, 0.6) is 5.75 Å². The number of rotatable bonds is 7. The fraction of sp³-hybridized carbons (Fsp3) is 0.241. The van der Waals surface area contributed by atoms with Gasteiger partial charge < -0.3 is 14.8 Å². The second-order valence-electron chi connectivity index (χ2n) is 9.93. The summed E-state index contributed by atoms with van der Waals surface area (Å²) in [5.41, 5.74) is 3.52. The second-order valence-corrected chi connectivity index (χ2v) is 14.1. The molecular weight excluding hydrogens is 530 g/mol. The van der Waals surface area contributed by atoms with E-state index in [2.05, 4.69) is 5.32 Å². The molecule has 0 spiro atoms. The summed E-state index contributed by atoms with van der Waals surface area (Å²) >= 11 is 6.14. The van der Waals surface area contributed by atoms with Crippen LogP contribution >= 0.6 is 11.6 Å². The number of carbonyl (C=O) groups is 1. The Kier molecular flexibility index (Phi) is 8.34. The highest BCUT2D eigenvalue weighted by Gasteiger charge is 2.32. The van der Waals surface area contributed by atoms with E-state index < -0.39 is 14.4 Å². The smallest absolute Gasteiger partial charge is 0.222 e. The first-order valence-electron chi connectivity index (χ1n) is 12.5. The zero-order chi connectivity index (χ0) is 28.3. The van der Waals surface area contributed by atoms with Crippen LogP contribution in [0.15, 0.2) is 71.7 Å². The third-order valence-electron chi connectivity index (χ3n) is 6.50. The van der Waals surface area contributed by atoms with Crippen molar-refractivity contribution in [3.8, 4) is 5.75 Å². The fourth-order valence-electron chi connectivity index (χ4n) is 4.44. The summed E-state index contributed by atoms with van der Waals surface area (Å²) in [4.78, 5) is 30.0. The molecule has 3 aromatic carbocycles. The summed E-state index contributed by atoms with van der Waals surface area (Å²) < 4.78 is 5.46.